The number of guanidine groups is 1. The predicted octanol–water partition coefficient (Wildman–Crippen LogP) is 1.00. The Kier molecular flexibility index (Phi) is 11.8. The largest absolute Gasteiger partial charge is 0.490 e. The number of hydrogen-bond donors (Lipinski definition) is 5. The highest BCUT2D eigenvalue weighted by Gasteiger charge is 2.38. The second-order valence-electron chi connectivity index (χ2n) is 7.85. The Balaban J connectivity index is 0.000000856. The first kappa shape index (κ1) is 30.7. The minimum absolute atomic E-state index is 0.0731. The van der Waals surface area contributed by atoms with Gasteiger partial charge in [-0.1, -0.05) is 30.3 Å². The molecule has 0 bridgehead atoms. The van der Waals surface area contributed by atoms with E-state index in [1.165, 1.54) is 4.57 Å². The molecular weight excluding hydrogens is 499 g/mol. The average molecular weight is 528 g/mol. The van der Waals surface area contributed by atoms with Crippen LogP contribution < -0.4 is 22.3 Å². The number of aliphatic carboxylic acids is 2. The number of nitrogens with one attached hydrogen (secondary N) is 1. The van der Waals surface area contributed by atoms with Gasteiger partial charge in [-0.05, 0) is 37.0 Å². The van der Waals surface area contributed by atoms with Crippen molar-refractivity contribution in [3.63, 3.8) is 0 Å². The highest BCUT2D eigenvalue weighted by molar-refractivity contribution is 5.83. The molecule has 1 atom stereocenters. The van der Waals surface area contributed by atoms with Gasteiger partial charge in [0.2, 0.25) is 5.91 Å². The number of pyridine rings is 1. The number of aryl methyl sites for hydroxylation is 1. The van der Waals surface area contributed by atoms with Crippen molar-refractivity contribution in [3.8, 4) is 0 Å². The number of alkyl halides is 3. The fourth-order valence-corrected chi connectivity index (χ4v) is 3.08. The van der Waals surface area contributed by atoms with Crippen molar-refractivity contribution < 1.29 is 37.8 Å². The Morgan fingerprint density at radius 3 is 2.24 bits per heavy atom. The van der Waals surface area contributed by atoms with Gasteiger partial charge in [-0.25, -0.2) is 9.59 Å². The highest BCUT2D eigenvalue weighted by Crippen LogP contribution is 2.13. The molecule has 0 saturated carbocycles. The summed E-state index contributed by atoms with van der Waals surface area (Å²) in [7, 11) is 0. The number of nitrogens with zero attached hydrogens (tertiary/aromatic N) is 2. The Morgan fingerprint density at radius 1 is 1.14 bits per heavy atom. The Bertz CT molecular complexity index is 1160. The number of nitrogens with two attached hydrogens (primary N) is 2. The number of carboxylic acids is 2. The molecule has 7 N–H and O–H groups in total. The summed E-state index contributed by atoms with van der Waals surface area (Å²) in [5, 5.41) is 18.9. The van der Waals surface area contributed by atoms with Crippen molar-refractivity contribution in [2.75, 3.05) is 6.54 Å². The predicted molar refractivity (Wildman–Crippen MR) is 128 cm³/mol. The molecule has 0 aliphatic carbocycles. The summed E-state index contributed by atoms with van der Waals surface area (Å²) < 4.78 is 33.0. The van der Waals surface area contributed by atoms with Crippen LogP contribution >= 0.6 is 0 Å². The molecular formula is C23H28F3N5O6. The molecule has 0 spiro atoms. The van der Waals surface area contributed by atoms with Gasteiger partial charge in [-0.15, -0.1) is 0 Å². The molecule has 202 valence electrons. The zero-order valence-corrected chi connectivity index (χ0v) is 19.9. The van der Waals surface area contributed by atoms with Gasteiger partial charge >= 0.3 is 18.1 Å². The van der Waals surface area contributed by atoms with Gasteiger partial charge in [-0.2, -0.15) is 13.2 Å². The summed E-state index contributed by atoms with van der Waals surface area (Å²) >= 11 is 0. The number of benzene rings is 1. The van der Waals surface area contributed by atoms with Crippen LogP contribution in [0.3, 0.4) is 0 Å². The van der Waals surface area contributed by atoms with Gasteiger partial charge in [0, 0.05) is 24.7 Å². The highest BCUT2D eigenvalue weighted by atomic mass is 19.4. The first-order chi connectivity index (χ1) is 17.2. The minimum atomic E-state index is -5.08. The fraction of sp³-hybridized carbons (Fsp3) is 0.348. The van der Waals surface area contributed by atoms with E-state index in [0.717, 1.165) is 11.1 Å². The molecule has 0 aliphatic heterocycles. The smallest absolute Gasteiger partial charge is 0.480 e. The topological polar surface area (TPSA) is 190 Å². The molecule has 2 aromatic rings. The summed E-state index contributed by atoms with van der Waals surface area (Å²) in [5.41, 5.74) is 12.6. The molecule has 0 saturated heterocycles. The molecule has 1 heterocycles. The number of carboxylic acid groups (broad SMARTS) is 2. The maximum absolute atomic E-state index is 12.8. The monoisotopic (exact) mass is 527 g/mol. The van der Waals surface area contributed by atoms with Crippen molar-refractivity contribution in [1.29, 1.82) is 0 Å². The van der Waals surface area contributed by atoms with Crippen LogP contribution in [0.1, 0.15) is 29.5 Å². The van der Waals surface area contributed by atoms with Gasteiger partial charge in [0.1, 0.15) is 12.6 Å². The normalized spacial score (nSPS) is 11.5. The third kappa shape index (κ3) is 11.7. The van der Waals surface area contributed by atoms with E-state index < -0.39 is 30.1 Å². The summed E-state index contributed by atoms with van der Waals surface area (Å²) in [6.45, 7) is 1.84. The molecule has 2 rings (SSSR count). The molecule has 1 aromatic carbocycles. The molecule has 0 radical (unpaired) electrons. The maximum atomic E-state index is 12.8. The van der Waals surface area contributed by atoms with Gasteiger partial charge in [0.25, 0.3) is 5.56 Å². The molecule has 11 nitrogen and oxygen atoms in total. The molecule has 14 heteroatoms. The quantitative estimate of drug-likeness (QED) is 0.172. The lowest BCUT2D eigenvalue weighted by molar-refractivity contribution is -0.192. The van der Waals surface area contributed by atoms with Crippen molar-refractivity contribution >= 4 is 23.8 Å². The fourth-order valence-electron chi connectivity index (χ4n) is 3.08. The first-order valence-corrected chi connectivity index (χ1v) is 10.8. The third-order valence-corrected chi connectivity index (χ3v) is 4.67. The third-order valence-electron chi connectivity index (χ3n) is 4.67. The van der Waals surface area contributed by atoms with E-state index in [1.807, 2.05) is 37.3 Å². The van der Waals surface area contributed by atoms with Gasteiger partial charge < -0.3 is 31.6 Å². The van der Waals surface area contributed by atoms with Crippen LogP contribution in [-0.4, -0.2) is 57.3 Å². The van der Waals surface area contributed by atoms with Crippen LogP contribution in [0.25, 0.3) is 0 Å². The number of carbonyl (C=O) groups is 3. The van der Waals surface area contributed by atoms with Gasteiger partial charge in [-0.3, -0.25) is 14.6 Å². The van der Waals surface area contributed by atoms with E-state index >= 15 is 0 Å². The van der Waals surface area contributed by atoms with Crippen molar-refractivity contribution in [3.05, 3.63) is 69.6 Å². The minimum Gasteiger partial charge on any atom is -0.480 e. The van der Waals surface area contributed by atoms with E-state index in [2.05, 4.69) is 10.3 Å². The zero-order chi connectivity index (χ0) is 28.2. The Labute approximate surface area is 209 Å². The molecule has 1 aromatic heterocycles. The maximum Gasteiger partial charge on any atom is 0.490 e. The lowest BCUT2D eigenvalue weighted by atomic mass is 10.1. The molecule has 0 unspecified atom stereocenters. The zero-order valence-electron chi connectivity index (χ0n) is 19.9. The van der Waals surface area contributed by atoms with Gasteiger partial charge in [0.05, 0.1) is 0 Å². The van der Waals surface area contributed by atoms with Crippen LogP contribution in [0.15, 0.2) is 52.4 Å². The van der Waals surface area contributed by atoms with Crippen LogP contribution in [0.5, 0.6) is 0 Å². The van der Waals surface area contributed by atoms with Gasteiger partial charge in [0.15, 0.2) is 5.96 Å². The average Bonchev–Trinajstić information content (AvgIpc) is 2.79. The van der Waals surface area contributed by atoms with Crippen LogP contribution in [0, 0.1) is 6.92 Å². The molecule has 0 fully saturated rings. The van der Waals surface area contributed by atoms with Crippen LogP contribution in [-0.2, 0) is 27.3 Å². The van der Waals surface area contributed by atoms with Crippen LogP contribution in [0.4, 0.5) is 13.2 Å². The molecule has 0 aliphatic rings. The van der Waals surface area contributed by atoms with E-state index in [1.54, 1.807) is 12.3 Å². The van der Waals surface area contributed by atoms with E-state index in [0.29, 0.717) is 18.4 Å². The summed E-state index contributed by atoms with van der Waals surface area (Å²) in [6.07, 6.45) is -2.49. The van der Waals surface area contributed by atoms with E-state index in [-0.39, 0.29) is 31.0 Å². The lowest BCUT2D eigenvalue weighted by Gasteiger charge is -2.15. The summed E-state index contributed by atoms with van der Waals surface area (Å²) in [5.74, 6) is -4.54. The second-order valence-corrected chi connectivity index (χ2v) is 7.85. The molecule has 1 amide bonds. The lowest BCUT2D eigenvalue weighted by Crippen LogP contribution is -2.43. The van der Waals surface area contributed by atoms with E-state index in [9.17, 15) is 32.7 Å². The van der Waals surface area contributed by atoms with Crippen molar-refractivity contribution in [1.82, 2.24) is 9.88 Å². The summed E-state index contributed by atoms with van der Waals surface area (Å²) in [4.78, 5) is 49.3. The number of amides is 1. The van der Waals surface area contributed by atoms with Crippen LogP contribution in [0.2, 0.25) is 0 Å². The van der Waals surface area contributed by atoms with E-state index in [4.69, 9.17) is 21.4 Å². The SMILES string of the molecule is Cc1cc(Cc2ccccc2)c(=O)n(CC(=O)N[C@@H](CCCN=C(N)N)C(=O)O)c1.O=C(O)C(F)(F)F. The number of carbonyl (C=O) groups excluding carboxylic acids is 1. The number of rotatable bonds is 10. The number of halogens is 3. The first-order valence-electron chi connectivity index (χ1n) is 10.8. The number of aromatic nitrogens is 1. The number of aliphatic imine (C=N–C) groups is 1. The Morgan fingerprint density at radius 2 is 1.73 bits per heavy atom. The number of hydrogen-bond acceptors (Lipinski definition) is 5. The summed E-state index contributed by atoms with van der Waals surface area (Å²) in [6, 6.07) is 10.3. The molecule has 37 heavy (non-hydrogen) atoms. The Hall–Kier alpha value is -4.36. The standard InChI is InChI=1S/C21H27N5O4.C2HF3O2/c1-14-10-16(11-15-6-3-2-4-7-15)19(28)26(12-14)13-18(27)25-17(20(29)30)8-5-9-24-21(22)23;3-2(4,5)1(6)7/h2-4,6-7,10,12,17H,5,8-9,11,13H2,1H3,(H,25,27)(H,29,30)(H4,22,23,24);(H,6,7)/t17-;/m0./s1. The van der Waals surface area contributed by atoms with Crippen molar-refractivity contribution in [2.45, 2.75) is 44.9 Å². The second kappa shape index (κ2) is 14.3. The van der Waals surface area contributed by atoms with Crippen molar-refractivity contribution in [2.24, 2.45) is 16.5 Å².